The molecule has 15 rings (SSSR count). The zero-order valence-electron chi connectivity index (χ0n) is 63.0. The fourth-order valence-electron chi connectivity index (χ4n) is 20.7. The van der Waals surface area contributed by atoms with Gasteiger partial charge in [-0.25, -0.2) is 0 Å². The van der Waals surface area contributed by atoms with Crippen LogP contribution in [0.4, 0.5) is 0 Å². The van der Waals surface area contributed by atoms with Crippen LogP contribution >= 0.6 is 0 Å². The minimum Gasteiger partial charge on any atom is -0.488 e. The van der Waals surface area contributed by atoms with Crippen molar-refractivity contribution in [2.24, 2.45) is 0 Å². The molecule has 8 aromatic carbocycles. The number of rotatable bonds is 34. The van der Waals surface area contributed by atoms with Crippen molar-refractivity contribution in [3.63, 3.8) is 0 Å². The summed E-state index contributed by atoms with van der Waals surface area (Å²) in [5.74, 6) is 1.28. The van der Waals surface area contributed by atoms with Crippen LogP contribution in [0.25, 0.3) is 77.6 Å². The second-order valence-electron chi connectivity index (χ2n) is 33.0. The van der Waals surface area contributed by atoms with E-state index in [1.54, 1.807) is 33.4 Å². The fourth-order valence-corrected chi connectivity index (χ4v) is 20.7. The molecule has 0 radical (unpaired) electrons. The van der Waals surface area contributed by atoms with Crippen molar-refractivity contribution >= 4 is 21.9 Å². The van der Waals surface area contributed by atoms with Crippen LogP contribution in [0.15, 0.2) is 162 Å². The lowest BCUT2D eigenvalue weighted by Gasteiger charge is -2.35. The molecule has 0 N–H and O–H groups in total. The summed E-state index contributed by atoms with van der Waals surface area (Å²) < 4.78 is 13.7. The highest BCUT2D eigenvalue weighted by Gasteiger charge is 2.51. The van der Waals surface area contributed by atoms with Crippen molar-refractivity contribution < 1.29 is 9.15 Å². The highest BCUT2D eigenvalue weighted by atomic mass is 16.5. The lowest BCUT2D eigenvalue weighted by Crippen LogP contribution is -2.27. The quantitative estimate of drug-likeness (QED) is 0.0377. The lowest BCUT2D eigenvalue weighted by molar-refractivity contribution is 0.302. The summed E-state index contributed by atoms with van der Waals surface area (Å²) in [4.78, 5) is 5.26. The SMILES string of the molecule is CCCCCCCCC1(CCCCCCCC)c2cc(CC(CCc3ccc4c(c3)C(C)(C)c3c5c(c6oc7ccccc7c6c3-4)-c3ccccc3C5(C)C)c3ccccn3)ccc2-c2cc3c(cc21)-c1c(ccc2c1-c1ccccc1OC2)C3(CCCCCCCC)CCCCCCCC. The smallest absolute Gasteiger partial charge is 0.144 e. The third-order valence-corrected chi connectivity index (χ3v) is 25.9. The normalized spacial score (nSPS) is 15.7. The molecule has 5 aliphatic rings. The number of fused-ring (bicyclic) bond motifs is 22. The van der Waals surface area contributed by atoms with Gasteiger partial charge < -0.3 is 9.15 Å². The second-order valence-corrected chi connectivity index (χ2v) is 33.0. The predicted molar refractivity (Wildman–Crippen MR) is 428 cm³/mol. The van der Waals surface area contributed by atoms with Crippen LogP contribution in [-0.4, -0.2) is 4.98 Å². The Hall–Kier alpha value is -7.49. The number of aryl methyl sites for hydroxylation is 1. The monoisotopic (exact) mass is 1340 g/mol. The summed E-state index contributed by atoms with van der Waals surface area (Å²) in [7, 11) is 0. The van der Waals surface area contributed by atoms with E-state index in [2.05, 4.69) is 207 Å². The van der Waals surface area contributed by atoms with Crippen molar-refractivity contribution in [1.82, 2.24) is 4.98 Å². The molecule has 0 bridgehead atoms. The molecule has 4 aliphatic carbocycles. The number of hydrogen-bond donors (Lipinski definition) is 0. The number of nitrogens with zero attached hydrogens (tertiary/aromatic N) is 1. The summed E-state index contributed by atoms with van der Waals surface area (Å²) in [6.45, 7) is 20.0. The van der Waals surface area contributed by atoms with Gasteiger partial charge in [0.05, 0.1) is 0 Å². The van der Waals surface area contributed by atoms with Gasteiger partial charge in [0.15, 0.2) is 0 Å². The van der Waals surface area contributed by atoms with E-state index >= 15 is 0 Å². The molecule has 3 heteroatoms. The number of unbranched alkanes of at least 4 members (excludes halogenated alkanes) is 20. The van der Waals surface area contributed by atoms with E-state index in [-0.39, 0.29) is 27.6 Å². The fraction of sp³-hybridized carbons (Fsp3) is 0.459. The van der Waals surface area contributed by atoms with Gasteiger partial charge in [0.2, 0.25) is 0 Å². The molecule has 1 atom stereocenters. The van der Waals surface area contributed by atoms with Gasteiger partial charge in [0.25, 0.3) is 0 Å². The number of para-hydroxylation sites is 2. The maximum atomic E-state index is 7.05. The molecule has 1 aliphatic heterocycles. The number of pyridine rings is 1. The van der Waals surface area contributed by atoms with E-state index in [1.165, 1.54) is 280 Å². The first-order valence-corrected chi connectivity index (χ1v) is 40.9. The zero-order valence-corrected chi connectivity index (χ0v) is 63.0. The summed E-state index contributed by atoms with van der Waals surface area (Å²) >= 11 is 0. The summed E-state index contributed by atoms with van der Waals surface area (Å²) in [6, 6.07) is 60.0. The molecular formula is C98H115NO2. The predicted octanol–water partition coefficient (Wildman–Crippen LogP) is 28.6. The molecule has 0 spiro atoms. The summed E-state index contributed by atoms with van der Waals surface area (Å²) in [6.07, 6.45) is 41.2. The Morgan fingerprint density at radius 1 is 0.396 bits per heavy atom. The van der Waals surface area contributed by atoms with Crippen LogP contribution in [0, 0.1) is 0 Å². The molecule has 101 heavy (non-hydrogen) atoms. The largest absolute Gasteiger partial charge is 0.488 e. The standard InChI is InChI=1S/C98H115NO2/c1-9-13-17-21-25-36-56-97(57-37-26-22-18-14-10-2)79-55-52-70-66-100-85-46-33-30-42-74(85)87(70)88(79)77-65-82-76(64-83(77)97)71-53-50-68(63-81(71)98(82,58-38-27-23-19-15-11-3)59-39-28-24-20-16-12-4)61-69(84-45-35-40-60-99-84)51-48-67-49-54-73-80(62-67)96(7,8)92-89(73)90-75-43-31-34-47-86(75)101-94(90)91-72-41-29-32-44-78(72)95(5,6)93(91)92/h29-35,40-47,49-50,52-55,60,62-65,69H,9-28,36-39,48,51,56-59,61,66H2,1-8H3. The van der Waals surface area contributed by atoms with Crippen LogP contribution in [0.2, 0.25) is 0 Å². The van der Waals surface area contributed by atoms with Crippen LogP contribution in [0.1, 0.15) is 314 Å². The van der Waals surface area contributed by atoms with E-state index in [1.807, 2.05) is 6.20 Å². The zero-order chi connectivity index (χ0) is 69.3. The third kappa shape index (κ3) is 12.5. The summed E-state index contributed by atoms with van der Waals surface area (Å²) in [5, 5.41) is 2.48. The van der Waals surface area contributed by atoms with E-state index in [4.69, 9.17) is 14.1 Å². The average Bonchev–Trinajstić information content (AvgIpc) is 1.51. The van der Waals surface area contributed by atoms with Gasteiger partial charge in [-0.15, -0.1) is 0 Å². The van der Waals surface area contributed by atoms with E-state index < -0.39 is 0 Å². The number of furan rings is 1. The Bertz CT molecular complexity index is 4570. The Morgan fingerprint density at radius 2 is 0.921 bits per heavy atom. The van der Waals surface area contributed by atoms with Gasteiger partial charge in [-0.05, 0) is 181 Å². The molecule has 3 nitrogen and oxygen atoms in total. The van der Waals surface area contributed by atoms with Gasteiger partial charge in [-0.1, -0.05) is 325 Å². The third-order valence-electron chi connectivity index (χ3n) is 25.9. The first-order valence-electron chi connectivity index (χ1n) is 40.9. The van der Waals surface area contributed by atoms with E-state index in [0.29, 0.717) is 6.61 Å². The molecule has 3 heterocycles. The van der Waals surface area contributed by atoms with Crippen LogP contribution in [0.3, 0.4) is 0 Å². The number of aromatic nitrogens is 1. The second kappa shape index (κ2) is 29.7. The van der Waals surface area contributed by atoms with Gasteiger partial charge in [0.1, 0.15) is 23.5 Å². The molecule has 2 aromatic heterocycles. The highest BCUT2D eigenvalue weighted by Crippen LogP contribution is 2.66. The van der Waals surface area contributed by atoms with Gasteiger partial charge >= 0.3 is 0 Å². The Morgan fingerprint density at radius 3 is 1.59 bits per heavy atom. The number of ether oxygens (including phenoxy) is 1. The van der Waals surface area contributed by atoms with Gasteiger partial charge in [-0.2, -0.15) is 0 Å². The molecule has 0 amide bonds. The van der Waals surface area contributed by atoms with Crippen molar-refractivity contribution in [3.05, 3.63) is 225 Å². The van der Waals surface area contributed by atoms with E-state index in [9.17, 15) is 0 Å². The van der Waals surface area contributed by atoms with Crippen molar-refractivity contribution in [1.29, 1.82) is 0 Å². The number of hydrogen-bond acceptors (Lipinski definition) is 3. The molecule has 1 unspecified atom stereocenters. The first-order chi connectivity index (χ1) is 49.5. The molecule has 524 valence electrons. The van der Waals surface area contributed by atoms with Crippen LogP contribution in [0.5, 0.6) is 5.75 Å². The van der Waals surface area contributed by atoms with Gasteiger partial charge in [0, 0.05) is 66.9 Å². The minimum atomic E-state index is -0.233. The molecule has 10 aromatic rings. The Kier molecular flexibility index (Phi) is 20.4. The minimum absolute atomic E-state index is 0.0550. The first kappa shape index (κ1) is 69.2. The lowest BCUT2D eigenvalue weighted by atomic mass is 9.68. The molecule has 0 saturated heterocycles. The van der Waals surface area contributed by atoms with Crippen molar-refractivity contribution in [3.8, 4) is 61.4 Å². The number of benzene rings is 8. The molecular weight excluding hydrogens is 1220 g/mol. The average molecular weight is 1340 g/mol. The van der Waals surface area contributed by atoms with Crippen LogP contribution in [-0.2, 0) is 41.1 Å². The Balaban J connectivity index is 0.832. The Labute approximate surface area is 607 Å². The van der Waals surface area contributed by atoms with Gasteiger partial charge in [-0.3, -0.25) is 4.98 Å². The summed E-state index contributed by atoms with van der Waals surface area (Å²) in [5.41, 5.74) is 33.3. The molecule has 0 fully saturated rings. The van der Waals surface area contributed by atoms with Crippen molar-refractivity contribution in [2.75, 3.05) is 0 Å². The highest BCUT2D eigenvalue weighted by molar-refractivity contribution is 6.20. The maximum absolute atomic E-state index is 7.05. The molecule has 0 saturated carbocycles. The maximum Gasteiger partial charge on any atom is 0.144 e. The van der Waals surface area contributed by atoms with Crippen molar-refractivity contribution in [2.45, 2.75) is 289 Å². The topological polar surface area (TPSA) is 35.3 Å². The van der Waals surface area contributed by atoms with Crippen LogP contribution < -0.4 is 4.74 Å². The van der Waals surface area contributed by atoms with E-state index in [0.717, 1.165) is 36.2 Å².